The Morgan fingerprint density at radius 2 is 1.35 bits per heavy atom. The van der Waals surface area contributed by atoms with Crippen molar-refractivity contribution in [1.29, 1.82) is 0 Å². The highest BCUT2D eigenvalue weighted by atomic mass is 127. The zero-order chi connectivity index (χ0) is 13.4. The third kappa shape index (κ3) is 3.49. The lowest BCUT2D eigenvalue weighted by molar-refractivity contribution is -0.162. The molecule has 0 aliphatic rings. The molecule has 0 aromatic heterocycles. The van der Waals surface area contributed by atoms with Crippen molar-refractivity contribution in [2.75, 3.05) is 0 Å². The van der Waals surface area contributed by atoms with Crippen molar-refractivity contribution in [2.24, 2.45) is 0 Å². The molecule has 0 heterocycles. The Bertz CT molecular complexity index is 423. The van der Waals surface area contributed by atoms with E-state index in [1.807, 2.05) is 0 Å². The number of halogens is 8. The van der Waals surface area contributed by atoms with Gasteiger partial charge in [-0.2, -0.15) is 26.3 Å². The lowest BCUT2D eigenvalue weighted by atomic mass is 10.0. The third-order valence-electron chi connectivity index (χ3n) is 1.94. The molecule has 17 heavy (non-hydrogen) atoms. The molecule has 0 fully saturated rings. The van der Waals surface area contributed by atoms with Crippen LogP contribution in [0.4, 0.5) is 26.3 Å². The van der Waals surface area contributed by atoms with Gasteiger partial charge in [0.15, 0.2) is 0 Å². The van der Waals surface area contributed by atoms with Crippen molar-refractivity contribution in [1.82, 2.24) is 0 Å². The summed E-state index contributed by atoms with van der Waals surface area (Å²) in [6.45, 7) is 0. The molecular weight excluding hydrogens is 429 g/mol. The second-order valence-corrected chi connectivity index (χ2v) is 4.84. The van der Waals surface area contributed by atoms with Crippen LogP contribution in [0.25, 0.3) is 0 Å². The van der Waals surface area contributed by atoms with Crippen LogP contribution in [0.3, 0.4) is 0 Å². The van der Waals surface area contributed by atoms with Gasteiger partial charge in [0.05, 0.1) is 11.1 Å². The Hall–Kier alpha value is 0.01000. The van der Waals surface area contributed by atoms with E-state index in [2.05, 4.69) is 15.9 Å². The fourth-order valence-electron chi connectivity index (χ4n) is 1.19. The molecule has 0 atom stereocenters. The van der Waals surface area contributed by atoms with Crippen LogP contribution >= 0.6 is 38.5 Å². The fraction of sp³-hybridized carbons (Fsp3) is 0.333. The van der Waals surface area contributed by atoms with Crippen LogP contribution < -0.4 is 0 Å². The van der Waals surface area contributed by atoms with Crippen LogP contribution in [0.5, 0.6) is 0 Å². The lowest BCUT2D eigenvalue weighted by Crippen LogP contribution is -2.17. The summed E-state index contributed by atoms with van der Waals surface area (Å²) in [6, 6.07) is 1.04. The van der Waals surface area contributed by atoms with Gasteiger partial charge in [-0.25, -0.2) is 0 Å². The summed E-state index contributed by atoms with van der Waals surface area (Å²) in [5, 5.41) is 0.0620. The average Bonchev–Trinajstić information content (AvgIpc) is 2.14. The van der Waals surface area contributed by atoms with Gasteiger partial charge in [-0.1, -0.05) is 15.9 Å². The van der Waals surface area contributed by atoms with E-state index < -0.39 is 23.5 Å². The highest BCUT2D eigenvalue weighted by molar-refractivity contribution is 14.1. The van der Waals surface area contributed by atoms with E-state index in [4.69, 9.17) is 0 Å². The van der Waals surface area contributed by atoms with Gasteiger partial charge in [0.1, 0.15) is 0 Å². The minimum absolute atomic E-state index is 0.0620. The molecule has 0 amide bonds. The number of alkyl halides is 7. The Morgan fingerprint density at radius 3 is 1.71 bits per heavy atom. The van der Waals surface area contributed by atoms with E-state index in [1.165, 1.54) is 0 Å². The lowest BCUT2D eigenvalue weighted by Gasteiger charge is -2.17. The van der Waals surface area contributed by atoms with Crippen molar-refractivity contribution >= 4 is 38.5 Å². The maximum absolute atomic E-state index is 12.5. The van der Waals surface area contributed by atoms with Crippen LogP contribution in [-0.4, -0.2) is 0 Å². The predicted molar refractivity (Wildman–Crippen MR) is 61.8 cm³/mol. The molecule has 0 spiro atoms. The first-order chi connectivity index (χ1) is 7.57. The molecule has 1 aromatic carbocycles. The largest absolute Gasteiger partial charge is 0.417 e. The van der Waals surface area contributed by atoms with Gasteiger partial charge in [0, 0.05) is 8.90 Å². The van der Waals surface area contributed by atoms with Gasteiger partial charge in [-0.3, -0.25) is 0 Å². The first-order valence-electron chi connectivity index (χ1n) is 4.10. The summed E-state index contributed by atoms with van der Waals surface area (Å²) in [6.07, 6.45) is -10.0. The van der Waals surface area contributed by atoms with E-state index in [-0.39, 0.29) is 14.5 Å². The van der Waals surface area contributed by atoms with Crippen molar-refractivity contribution in [3.8, 4) is 0 Å². The fourth-order valence-corrected chi connectivity index (χ4v) is 2.84. The predicted octanol–water partition coefficient (Wildman–Crippen LogP) is 5.22. The van der Waals surface area contributed by atoms with Gasteiger partial charge in [0.25, 0.3) is 0 Å². The van der Waals surface area contributed by atoms with E-state index >= 15 is 0 Å². The van der Waals surface area contributed by atoms with Gasteiger partial charge in [-0.05, 0) is 40.3 Å². The maximum Gasteiger partial charge on any atom is 0.417 e. The van der Waals surface area contributed by atoms with Crippen LogP contribution in [0.15, 0.2) is 12.1 Å². The molecule has 0 aliphatic carbocycles. The minimum Gasteiger partial charge on any atom is -0.166 e. The summed E-state index contributed by atoms with van der Waals surface area (Å²) in [7, 11) is 0. The molecule has 0 radical (unpaired) electrons. The molecular formula is C9H4BrF6I. The number of benzene rings is 1. The topological polar surface area (TPSA) is 0 Å². The molecule has 0 bridgehead atoms. The number of rotatable bonds is 1. The zero-order valence-electron chi connectivity index (χ0n) is 7.89. The summed E-state index contributed by atoms with van der Waals surface area (Å²) < 4.78 is 75.1. The minimum atomic E-state index is -5.02. The Kier molecular flexibility index (Phi) is 4.38. The summed E-state index contributed by atoms with van der Waals surface area (Å²) >= 11 is 4.50. The SMILES string of the molecule is FC(F)(F)c1cc(I)c(CBr)cc1C(F)(F)F. The van der Waals surface area contributed by atoms with Gasteiger partial charge in [-0.15, -0.1) is 0 Å². The Balaban J connectivity index is 3.54. The van der Waals surface area contributed by atoms with Gasteiger partial charge in [0.2, 0.25) is 0 Å². The van der Waals surface area contributed by atoms with Crippen LogP contribution in [0, 0.1) is 3.57 Å². The second-order valence-electron chi connectivity index (χ2n) is 3.12. The smallest absolute Gasteiger partial charge is 0.166 e. The van der Waals surface area contributed by atoms with E-state index in [1.54, 1.807) is 22.6 Å². The summed E-state index contributed by atoms with van der Waals surface area (Å²) in [5.41, 5.74) is -3.13. The van der Waals surface area contributed by atoms with Crippen molar-refractivity contribution in [2.45, 2.75) is 17.7 Å². The molecule has 0 N–H and O–H groups in total. The van der Waals surface area contributed by atoms with Gasteiger partial charge < -0.3 is 0 Å². The standard InChI is InChI=1S/C9H4BrF6I/c10-3-4-1-5(8(11,12)13)6(2-7(4)17)9(14,15)16/h1-2H,3H2. The molecule has 1 rings (SSSR count). The number of hydrogen-bond donors (Lipinski definition) is 0. The molecule has 0 saturated heterocycles. The van der Waals surface area contributed by atoms with Crippen molar-refractivity contribution in [3.63, 3.8) is 0 Å². The molecule has 1 aromatic rings. The van der Waals surface area contributed by atoms with E-state index in [0.29, 0.717) is 12.1 Å². The van der Waals surface area contributed by atoms with Crippen LogP contribution in [0.2, 0.25) is 0 Å². The van der Waals surface area contributed by atoms with Crippen LogP contribution in [0.1, 0.15) is 16.7 Å². The molecule has 0 nitrogen and oxygen atoms in total. The highest BCUT2D eigenvalue weighted by Gasteiger charge is 2.43. The zero-order valence-corrected chi connectivity index (χ0v) is 11.6. The quantitative estimate of drug-likeness (QED) is 0.324. The summed E-state index contributed by atoms with van der Waals surface area (Å²) in [5.74, 6) is 0. The third-order valence-corrected chi connectivity index (χ3v) is 3.55. The number of hydrogen-bond acceptors (Lipinski definition) is 0. The van der Waals surface area contributed by atoms with Crippen molar-refractivity contribution < 1.29 is 26.3 Å². The maximum atomic E-state index is 12.5. The van der Waals surface area contributed by atoms with E-state index in [9.17, 15) is 26.3 Å². The summed E-state index contributed by atoms with van der Waals surface area (Å²) in [4.78, 5) is 0. The van der Waals surface area contributed by atoms with E-state index in [0.717, 1.165) is 0 Å². The molecule has 0 unspecified atom stereocenters. The molecule has 8 heteroatoms. The first kappa shape index (κ1) is 15.1. The Labute approximate surface area is 115 Å². The molecule has 0 saturated carbocycles. The Morgan fingerprint density at radius 1 is 0.941 bits per heavy atom. The van der Waals surface area contributed by atoms with Gasteiger partial charge >= 0.3 is 12.4 Å². The first-order valence-corrected chi connectivity index (χ1v) is 6.30. The highest BCUT2D eigenvalue weighted by Crippen LogP contribution is 2.41. The average molecular weight is 433 g/mol. The monoisotopic (exact) mass is 432 g/mol. The van der Waals surface area contributed by atoms with Crippen LogP contribution in [-0.2, 0) is 17.7 Å². The molecule has 96 valence electrons. The van der Waals surface area contributed by atoms with Crippen molar-refractivity contribution in [3.05, 3.63) is 32.4 Å². The molecule has 0 aliphatic heterocycles. The second kappa shape index (κ2) is 4.94. The normalized spacial score (nSPS) is 12.9.